The SMILES string of the molecule is CCC(CSC)N(C)C(=O)CC(CC)(CC)C(=O)O. The van der Waals surface area contributed by atoms with Crippen LogP contribution in [0.25, 0.3) is 0 Å². The molecule has 1 amide bonds. The molecule has 0 heterocycles. The molecule has 5 heteroatoms. The van der Waals surface area contributed by atoms with Crippen molar-refractivity contribution in [1.82, 2.24) is 4.90 Å². The van der Waals surface area contributed by atoms with E-state index in [0.717, 1.165) is 12.2 Å². The molecule has 0 saturated carbocycles. The first kappa shape index (κ1) is 18.3. The first-order valence-electron chi connectivity index (χ1n) is 6.86. The van der Waals surface area contributed by atoms with E-state index in [1.807, 2.05) is 20.1 Å². The summed E-state index contributed by atoms with van der Waals surface area (Å²) in [6.45, 7) is 5.73. The van der Waals surface area contributed by atoms with Gasteiger partial charge in [-0.1, -0.05) is 20.8 Å². The van der Waals surface area contributed by atoms with Crippen molar-refractivity contribution >= 4 is 23.6 Å². The van der Waals surface area contributed by atoms with Crippen LogP contribution >= 0.6 is 11.8 Å². The third-order valence-electron chi connectivity index (χ3n) is 4.07. The lowest BCUT2D eigenvalue weighted by Crippen LogP contribution is -2.43. The van der Waals surface area contributed by atoms with Gasteiger partial charge in [0.15, 0.2) is 0 Å². The zero-order valence-corrected chi connectivity index (χ0v) is 13.5. The zero-order valence-electron chi connectivity index (χ0n) is 12.7. The van der Waals surface area contributed by atoms with Crippen LogP contribution in [0.4, 0.5) is 0 Å². The minimum Gasteiger partial charge on any atom is -0.481 e. The van der Waals surface area contributed by atoms with Gasteiger partial charge in [-0.25, -0.2) is 0 Å². The highest BCUT2D eigenvalue weighted by Crippen LogP contribution is 2.32. The highest BCUT2D eigenvalue weighted by Gasteiger charge is 2.38. The summed E-state index contributed by atoms with van der Waals surface area (Å²) in [4.78, 5) is 25.5. The van der Waals surface area contributed by atoms with Crippen LogP contribution in [0, 0.1) is 5.41 Å². The highest BCUT2D eigenvalue weighted by molar-refractivity contribution is 7.98. The molecule has 4 nitrogen and oxygen atoms in total. The largest absolute Gasteiger partial charge is 0.481 e. The smallest absolute Gasteiger partial charge is 0.310 e. The van der Waals surface area contributed by atoms with E-state index in [9.17, 15) is 14.7 Å². The molecule has 1 atom stereocenters. The van der Waals surface area contributed by atoms with Gasteiger partial charge < -0.3 is 10.0 Å². The predicted molar refractivity (Wildman–Crippen MR) is 80.5 cm³/mol. The second-order valence-electron chi connectivity index (χ2n) is 4.99. The molecule has 0 radical (unpaired) electrons. The van der Waals surface area contributed by atoms with Crippen LogP contribution < -0.4 is 0 Å². The number of carbonyl (C=O) groups excluding carboxylic acids is 1. The first-order valence-corrected chi connectivity index (χ1v) is 8.25. The van der Waals surface area contributed by atoms with Crippen LogP contribution in [-0.2, 0) is 9.59 Å². The number of thioether (sulfide) groups is 1. The Bertz CT molecular complexity index is 303. The number of carbonyl (C=O) groups is 2. The molecule has 1 N–H and O–H groups in total. The summed E-state index contributed by atoms with van der Waals surface area (Å²) >= 11 is 1.71. The predicted octanol–water partition coefficient (Wildman–Crippen LogP) is 2.87. The molecule has 0 aliphatic heterocycles. The first-order chi connectivity index (χ1) is 8.88. The van der Waals surface area contributed by atoms with E-state index in [1.54, 1.807) is 23.7 Å². The van der Waals surface area contributed by atoms with Gasteiger partial charge in [-0.15, -0.1) is 0 Å². The Morgan fingerprint density at radius 1 is 1.26 bits per heavy atom. The minimum atomic E-state index is -0.914. The number of nitrogens with zero attached hydrogens (tertiary/aromatic N) is 1. The van der Waals surface area contributed by atoms with E-state index in [1.165, 1.54) is 0 Å². The molecule has 112 valence electrons. The molecule has 0 bridgehead atoms. The molecule has 0 aromatic heterocycles. The summed E-state index contributed by atoms with van der Waals surface area (Å²) in [7, 11) is 1.78. The fraction of sp³-hybridized carbons (Fsp3) is 0.857. The van der Waals surface area contributed by atoms with Gasteiger partial charge in [0.2, 0.25) is 5.91 Å². The van der Waals surface area contributed by atoms with E-state index in [4.69, 9.17) is 0 Å². The minimum absolute atomic E-state index is 0.0630. The van der Waals surface area contributed by atoms with Crippen molar-refractivity contribution in [3.8, 4) is 0 Å². The van der Waals surface area contributed by atoms with Gasteiger partial charge in [0.05, 0.1) is 5.41 Å². The maximum absolute atomic E-state index is 12.3. The quantitative estimate of drug-likeness (QED) is 0.709. The van der Waals surface area contributed by atoms with Crippen LogP contribution in [0.2, 0.25) is 0 Å². The molecule has 0 aliphatic rings. The summed E-state index contributed by atoms with van der Waals surface area (Å²) in [6, 6.07) is 0.183. The number of hydrogen-bond acceptors (Lipinski definition) is 3. The van der Waals surface area contributed by atoms with Gasteiger partial charge in [-0.05, 0) is 25.5 Å². The number of carboxylic acid groups (broad SMARTS) is 1. The summed E-state index contributed by atoms with van der Waals surface area (Å²) in [5.74, 6) is -0.0407. The fourth-order valence-corrected chi connectivity index (χ4v) is 3.04. The van der Waals surface area contributed by atoms with Crippen molar-refractivity contribution in [3.63, 3.8) is 0 Å². The van der Waals surface area contributed by atoms with E-state index in [-0.39, 0.29) is 18.4 Å². The summed E-state index contributed by atoms with van der Waals surface area (Å²) in [5, 5.41) is 9.38. The second-order valence-corrected chi connectivity index (χ2v) is 5.90. The van der Waals surface area contributed by atoms with Crippen molar-refractivity contribution in [2.24, 2.45) is 5.41 Å². The number of amides is 1. The molecule has 1 unspecified atom stereocenters. The number of hydrogen-bond donors (Lipinski definition) is 1. The van der Waals surface area contributed by atoms with E-state index < -0.39 is 11.4 Å². The Balaban J connectivity index is 4.86. The Morgan fingerprint density at radius 3 is 2.11 bits per heavy atom. The number of rotatable bonds is 9. The molecule has 19 heavy (non-hydrogen) atoms. The lowest BCUT2D eigenvalue weighted by atomic mass is 9.79. The molecule has 0 fully saturated rings. The van der Waals surface area contributed by atoms with Crippen LogP contribution in [0.15, 0.2) is 0 Å². The zero-order chi connectivity index (χ0) is 15.1. The molecular formula is C14H27NO3S. The highest BCUT2D eigenvalue weighted by atomic mass is 32.2. The van der Waals surface area contributed by atoms with Gasteiger partial charge >= 0.3 is 5.97 Å². The Labute approximate surface area is 120 Å². The van der Waals surface area contributed by atoms with Gasteiger partial charge in [0.25, 0.3) is 0 Å². The Kier molecular flexibility index (Phi) is 8.14. The molecular weight excluding hydrogens is 262 g/mol. The second kappa shape index (κ2) is 8.46. The number of aliphatic carboxylic acids is 1. The summed E-state index contributed by atoms with van der Waals surface area (Å²) in [6.07, 6.45) is 3.97. The third kappa shape index (κ3) is 4.71. The lowest BCUT2D eigenvalue weighted by Gasteiger charge is -2.32. The van der Waals surface area contributed by atoms with Crippen molar-refractivity contribution in [2.75, 3.05) is 19.1 Å². The average Bonchev–Trinajstić information content (AvgIpc) is 2.40. The van der Waals surface area contributed by atoms with Gasteiger partial charge in [0.1, 0.15) is 0 Å². The summed E-state index contributed by atoms with van der Waals surface area (Å²) < 4.78 is 0. The normalized spacial score (nSPS) is 13.1. The lowest BCUT2D eigenvalue weighted by molar-refractivity contribution is -0.154. The van der Waals surface area contributed by atoms with Gasteiger partial charge in [0, 0.05) is 25.3 Å². The maximum Gasteiger partial charge on any atom is 0.310 e. The molecule has 0 aliphatic carbocycles. The van der Waals surface area contributed by atoms with E-state index in [0.29, 0.717) is 12.8 Å². The average molecular weight is 289 g/mol. The molecule has 0 rings (SSSR count). The third-order valence-corrected chi connectivity index (χ3v) is 4.79. The van der Waals surface area contributed by atoms with E-state index >= 15 is 0 Å². The van der Waals surface area contributed by atoms with Crippen LogP contribution in [0.5, 0.6) is 0 Å². The monoisotopic (exact) mass is 289 g/mol. The van der Waals surface area contributed by atoms with Crippen molar-refractivity contribution in [2.45, 2.75) is 52.5 Å². The van der Waals surface area contributed by atoms with Gasteiger partial charge in [-0.3, -0.25) is 9.59 Å². The van der Waals surface area contributed by atoms with E-state index in [2.05, 4.69) is 6.92 Å². The fourth-order valence-electron chi connectivity index (χ4n) is 2.19. The molecule has 0 aromatic rings. The topological polar surface area (TPSA) is 57.6 Å². The number of carboxylic acids is 1. The molecule has 0 saturated heterocycles. The van der Waals surface area contributed by atoms with Crippen LogP contribution in [-0.4, -0.2) is 47.0 Å². The van der Waals surface area contributed by atoms with Crippen molar-refractivity contribution in [3.05, 3.63) is 0 Å². The van der Waals surface area contributed by atoms with Crippen molar-refractivity contribution < 1.29 is 14.7 Å². The van der Waals surface area contributed by atoms with Crippen LogP contribution in [0.3, 0.4) is 0 Å². The summed E-state index contributed by atoms with van der Waals surface area (Å²) in [5.41, 5.74) is -0.914. The molecule has 0 aromatic carbocycles. The van der Waals surface area contributed by atoms with Crippen LogP contribution in [0.1, 0.15) is 46.5 Å². The molecule has 0 spiro atoms. The standard InChI is InChI=1S/C14H27NO3S/c1-6-11(10-19-5)15(4)12(16)9-14(7-2,8-3)13(17)18/h11H,6-10H2,1-5H3,(H,17,18). The Hall–Kier alpha value is -0.710. The Morgan fingerprint density at radius 2 is 1.79 bits per heavy atom. The van der Waals surface area contributed by atoms with Gasteiger partial charge in [-0.2, -0.15) is 11.8 Å². The maximum atomic E-state index is 12.3. The van der Waals surface area contributed by atoms with Crippen molar-refractivity contribution in [1.29, 1.82) is 0 Å².